The van der Waals surface area contributed by atoms with Gasteiger partial charge in [0.1, 0.15) is 0 Å². The standard InChI is InChI=1S/C10H12ClN3O2S/c11-10-13-5-8(17-10)4-7-2-1-3-12-9(7)6-14(15)16/h5,7H,1-4,6H2. The van der Waals surface area contributed by atoms with E-state index in [9.17, 15) is 10.1 Å². The van der Waals surface area contributed by atoms with E-state index in [4.69, 9.17) is 11.6 Å². The Kier molecular flexibility index (Phi) is 4.06. The number of hydrogen-bond acceptors (Lipinski definition) is 5. The van der Waals surface area contributed by atoms with Gasteiger partial charge in [-0.1, -0.05) is 11.6 Å². The molecule has 92 valence electrons. The maximum absolute atomic E-state index is 10.6. The lowest BCUT2D eigenvalue weighted by Crippen LogP contribution is -2.28. The number of halogens is 1. The highest BCUT2D eigenvalue weighted by atomic mass is 35.5. The zero-order valence-electron chi connectivity index (χ0n) is 9.13. The van der Waals surface area contributed by atoms with Crippen molar-refractivity contribution in [2.75, 3.05) is 13.1 Å². The highest BCUT2D eigenvalue weighted by Gasteiger charge is 2.24. The molecule has 17 heavy (non-hydrogen) atoms. The Bertz CT molecular complexity index is 447. The van der Waals surface area contributed by atoms with Gasteiger partial charge in [0.25, 0.3) is 0 Å². The Hall–Kier alpha value is -1.01. The van der Waals surface area contributed by atoms with Crippen LogP contribution in [0.4, 0.5) is 0 Å². The molecule has 0 fully saturated rings. The minimum absolute atomic E-state index is 0.142. The van der Waals surface area contributed by atoms with Gasteiger partial charge in [-0.15, -0.1) is 11.3 Å². The molecule has 1 unspecified atom stereocenters. The molecule has 2 heterocycles. The smallest absolute Gasteiger partial charge is 0.241 e. The first-order valence-electron chi connectivity index (χ1n) is 5.40. The first-order valence-corrected chi connectivity index (χ1v) is 6.60. The molecule has 0 saturated heterocycles. The quantitative estimate of drug-likeness (QED) is 0.625. The molecule has 0 aliphatic carbocycles. The summed E-state index contributed by atoms with van der Waals surface area (Å²) in [5.74, 6) is 0.172. The maximum atomic E-state index is 10.6. The third kappa shape index (κ3) is 3.47. The second-order valence-electron chi connectivity index (χ2n) is 3.99. The van der Waals surface area contributed by atoms with Crippen LogP contribution >= 0.6 is 22.9 Å². The summed E-state index contributed by atoms with van der Waals surface area (Å²) >= 11 is 7.20. The van der Waals surface area contributed by atoms with Crippen LogP contribution in [0.5, 0.6) is 0 Å². The molecular formula is C10H12ClN3O2S. The molecule has 1 aliphatic heterocycles. The van der Waals surface area contributed by atoms with Gasteiger partial charge in [-0.25, -0.2) is 4.98 Å². The van der Waals surface area contributed by atoms with Crippen molar-refractivity contribution in [1.82, 2.24) is 4.98 Å². The summed E-state index contributed by atoms with van der Waals surface area (Å²) in [5.41, 5.74) is 0.714. The molecule has 1 aromatic rings. The van der Waals surface area contributed by atoms with Crippen LogP contribution in [0.3, 0.4) is 0 Å². The molecule has 1 aliphatic rings. The van der Waals surface area contributed by atoms with E-state index in [2.05, 4.69) is 9.98 Å². The summed E-state index contributed by atoms with van der Waals surface area (Å²) in [5, 5.41) is 10.6. The molecule has 1 aromatic heterocycles. The third-order valence-electron chi connectivity index (χ3n) is 2.76. The van der Waals surface area contributed by atoms with E-state index in [1.54, 1.807) is 6.20 Å². The minimum atomic E-state index is -0.309. The van der Waals surface area contributed by atoms with Crippen LogP contribution in [0.15, 0.2) is 11.2 Å². The van der Waals surface area contributed by atoms with Crippen LogP contribution < -0.4 is 0 Å². The predicted octanol–water partition coefficient (Wildman–Crippen LogP) is 2.47. The Morgan fingerprint density at radius 3 is 3.12 bits per heavy atom. The van der Waals surface area contributed by atoms with Crippen LogP contribution in [0.25, 0.3) is 0 Å². The number of aromatic nitrogens is 1. The summed E-state index contributed by atoms with van der Waals surface area (Å²) in [6.45, 7) is 0.570. The summed E-state index contributed by atoms with van der Waals surface area (Å²) in [4.78, 5) is 19.6. The van der Waals surface area contributed by atoms with E-state index >= 15 is 0 Å². The van der Waals surface area contributed by atoms with Crippen LogP contribution in [0, 0.1) is 16.0 Å². The zero-order valence-corrected chi connectivity index (χ0v) is 10.7. The number of hydrogen-bond donors (Lipinski definition) is 0. The fourth-order valence-electron chi connectivity index (χ4n) is 2.01. The van der Waals surface area contributed by atoms with E-state index in [1.165, 1.54) is 11.3 Å². The monoisotopic (exact) mass is 273 g/mol. The van der Waals surface area contributed by atoms with Gasteiger partial charge in [-0.2, -0.15) is 0 Å². The SMILES string of the molecule is O=[N+]([O-])CC1=NCCCC1Cc1cnc(Cl)s1. The molecule has 1 atom stereocenters. The summed E-state index contributed by atoms with van der Waals surface area (Å²) in [7, 11) is 0. The van der Waals surface area contributed by atoms with Gasteiger partial charge < -0.3 is 0 Å². The minimum Gasteiger partial charge on any atom is -0.287 e. The van der Waals surface area contributed by atoms with Crippen molar-refractivity contribution in [3.05, 3.63) is 25.7 Å². The average Bonchev–Trinajstić information content (AvgIpc) is 2.66. The highest BCUT2D eigenvalue weighted by molar-refractivity contribution is 7.15. The van der Waals surface area contributed by atoms with E-state index in [0.717, 1.165) is 24.1 Å². The zero-order chi connectivity index (χ0) is 12.3. The van der Waals surface area contributed by atoms with Crippen LogP contribution in [0.2, 0.25) is 4.47 Å². The Morgan fingerprint density at radius 1 is 1.65 bits per heavy atom. The Balaban J connectivity index is 2.05. The molecular weight excluding hydrogens is 262 g/mol. The van der Waals surface area contributed by atoms with Crippen molar-refractivity contribution in [3.8, 4) is 0 Å². The van der Waals surface area contributed by atoms with E-state index in [0.29, 0.717) is 16.7 Å². The average molecular weight is 274 g/mol. The second-order valence-corrected chi connectivity index (χ2v) is 5.68. The molecule has 0 spiro atoms. The van der Waals surface area contributed by atoms with Gasteiger partial charge in [-0.05, 0) is 19.3 Å². The Labute approximate surface area is 108 Å². The largest absolute Gasteiger partial charge is 0.287 e. The van der Waals surface area contributed by atoms with E-state index in [-0.39, 0.29) is 17.4 Å². The predicted molar refractivity (Wildman–Crippen MR) is 67.7 cm³/mol. The molecule has 7 heteroatoms. The number of thiazole rings is 1. The lowest BCUT2D eigenvalue weighted by Gasteiger charge is -2.20. The van der Waals surface area contributed by atoms with Gasteiger partial charge in [0.2, 0.25) is 6.54 Å². The van der Waals surface area contributed by atoms with Gasteiger partial charge in [0.15, 0.2) is 4.47 Å². The fraction of sp³-hybridized carbons (Fsp3) is 0.600. The van der Waals surface area contributed by atoms with Crippen molar-refractivity contribution >= 4 is 28.6 Å². The first-order chi connectivity index (χ1) is 8.15. The van der Waals surface area contributed by atoms with Crippen molar-refractivity contribution in [1.29, 1.82) is 0 Å². The summed E-state index contributed by atoms with van der Waals surface area (Å²) in [6.07, 6.45) is 4.46. The normalized spacial score (nSPS) is 20.1. The Morgan fingerprint density at radius 2 is 2.47 bits per heavy atom. The number of rotatable bonds is 4. The lowest BCUT2D eigenvalue weighted by molar-refractivity contribution is -0.463. The molecule has 0 N–H and O–H groups in total. The van der Waals surface area contributed by atoms with Crippen molar-refractivity contribution in [2.24, 2.45) is 10.9 Å². The molecule has 5 nitrogen and oxygen atoms in total. The van der Waals surface area contributed by atoms with Crippen molar-refractivity contribution in [2.45, 2.75) is 19.3 Å². The molecule has 2 rings (SSSR count). The van der Waals surface area contributed by atoms with Gasteiger partial charge in [-0.3, -0.25) is 15.1 Å². The van der Waals surface area contributed by atoms with E-state index in [1.807, 2.05) is 0 Å². The van der Waals surface area contributed by atoms with Crippen LogP contribution in [0.1, 0.15) is 17.7 Å². The van der Waals surface area contributed by atoms with Crippen molar-refractivity contribution in [3.63, 3.8) is 0 Å². The topological polar surface area (TPSA) is 68.4 Å². The summed E-state index contributed by atoms with van der Waals surface area (Å²) < 4.78 is 0.517. The number of nitro groups is 1. The maximum Gasteiger partial charge on any atom is 0.241 e. The molecule has 0 radical (unpaired) electrons. The lowest BCUT2D eigenvalue weighted by atomic mass is 9.91. The fourth-order valence-corrected chi connectivity index (χ4v) is 3.07. The highest BCUT2D eigenvalue weighted by Crippen LogP contribution is 2.25. The summed E-state index contributed by atoms with van der Waals surface area (Å²) in [6, 6.07) is 0. The molecule has 0 aromatic carbocycles. The molecule has 0 amide bonds. The van der Waals surface area contributed by atoms with Crippen molar-refractivity contribution < 1.29 is 4.92 Å². The van der Waals surface area contributed by atoms with E-state index < -0.39 is 0 Å². The second kappa shape index (κ2) is 5.55. The van der Waals surface area contributed by atoms with Gasteiger partial charge in [0.05, 0.1) is 5.71 Å². The number of aliphatic imine (C=N–C) groups is 1. The van der Waals surface area contributed by atoms with Gasteiger partial charge in [0, 0.05) is 28.5 Å². The van der Waals surface area contributed by atoms with Crippen LogP contribution in [-0.2, 0) is 6.42 Å². The van der Waals surface area contributed by atoms with Gasteiger partial charge >= 0.3 is 0 Å². The molecule has 0 saturated carbocycles. The third-order valence-corrected chi connectivity index (χ3v) is 3.90. The number of nitrogens with zero attached hydrogens (tertiary/aromatic N) is 3. The molecule has 0 bridgehead atoms. The van der Waals surface area contributed by atoms with Crippen LogP contribution in [-0.4, -0.2) is 28.7 Å². The first kappa shape index (κ1) is 12.4.